The Bertz CT molecular complexity index is 550. The molecule has 7 heteroatoms. The second kappa shape index (κ2) is 8.03. The maximum Gasteiger partial charge on any atom is 0.303 e. The molecular formula is C16H21FN2O4. The van der Waals surface area contributed by atoms with Crippen LogP contribution in [0.2, 0.25) is 0 Å². The molecule has 1 saturated heterocycles. The van der Waals surface area contributed by atoms with Gasteiger partial charge in [0.2, 0.25) is 5.91 Å². The van der Waals surface area contributed by atoms with Crippen molar-refractivity contribution in [1.29, 1.82) is 0 Å². The Balaban J connectivity index is 1.90. The number of aliphatic hydroxyl groups is 1. The Labute approximate surface area is 134 Å². The maximum absolute atomic E-state index is 12.9. The van der Waals surface area contributed by atoms with E-state index in [1.165, 1.54) is 17.0 Å². The van der Waals surface area contributed by atoms with Crippen LogP contribution in [0.1, 0.15) is 18.4 Å². The Kier molecular flexibility index (Phi) is 6.06. The fourth-order valence-electron chi connectivity index (χ4n) is 2.65. The number of nitrogens with zero attached hydrogens (tertiary/aromatic N) is 2. The number of carbonyl (C=O) groups excluding carboxylic acids is 1. The summed E-state index contributed by atoms with van der Waals surface area (Å²) in [6.45, 7) is 2.21. The average Bonchev–Trinajstić information content (AvgIpc) is 2.68. The number of carbonyl (C=O) groups is 2. The SMILES string of the molecule is O=C(O)CCC(=O)N1CCN(Cc2ccc(F)cc2)C[C@H](O)C1. The number of amides is 1. The summed E-state index contributed by atoms with van der Waals surface area (Å²) in [5.41, 5.74) is 0.934. The van der Waals surface area contributed by atoms with Crippen molar-refractivity contribution in [2.75, 3.05) is 26.2 Å². The Morgan fingerprint density at radius 3 is 2.48 bits per heavy atom. The largest absolute Gasteiger partial charge is 0.481 e. The van der Waals surface area contributed by atoms with Crippen molar-refractivity contribution in [1.82, 2.24) is 9.80 Å². The summed E-state index contributed by atoms with van der Waals surface area (Å²) in [5.74, 6) is -1.55. The van der Waals surface area contributed by atoms with Crippen molar-refractivity contribution >= 4 is 11.9 Å². The molecule has 0 saturated carbocycles. The van der Waals surface area contributed by atoms with Gasteiger partial charge in [-0.15, -0.1) is 0 Å². The van der Waals surface area contributed by atoms with Crippen molar-refractivity contribution in [2.24, 2.45) is 0 Å². The molecule has 0 radical (unpaired) electrons. The lowest BCUT2D eigenvalue weighted by Crippen LogP contribution is -2.37. The molecule has 2 N–H and O–H groups in total. The lowest BCUT2D eigenvalue weighted by Gasteiger charge is -2.21. The highest BCUT2D eigenvalue weighted by Crippen LogP contribution is 2.11. The standard InChI is InChI=1S/C16H21FN2O4/c17-13-3-1-12(2-4-13)9-18-7-8-19(11-14(20)10-18)15(21)5-6-16(22)23/h1-4,14,20H,5-11H2,(H,22,23)/t14-/m0/s1. The summed E-state index contributed by atoms with van der Waals surface area (Å²) in [4.78, 5) is 26.1. The van der Waals surface area contributed by atoms with Crippen LogP contribution in [0.25, 0.3) is 0 Å². The molecule has 1 aliphatic rings. The number of carboxylic acids is 1. The lowest BCUT2D eigenvalue weighted by atomic mass is 10.2. The third-order valence-corrected chi connectivity index (χ3v) is 3.81. The molecule has 6 nitrogen and oxygen atoms in total. The molecule has 1 aromatic rings. The van der Waals surface area contributed by atoms with Gasteiger partial charge in [-0.2, -0.15) is 0 Å². The second-order valence-electron chi connectivity index (χ2n) is 5.75. The van der Waals surface area contributed by atoms with Crippen LogP contribution in [0.4, 0.5) is 4.39 Å². The first-order valence-electron chi connectivity index (χ1n) is 7.58. The molecule has 1 atom stereocenters. The van der Waals surface area contributed by atoms with E-state index in [4.69, 9.17) is 5.11 Å². The Hall–Kier alpha value is -1.99. The van der Waals surface area contributed by atoms with Crippen LogP contribution in [-0.4, -0.2) is 64.2 Å². The molecule has 1 amide bonds. The highest BCUT2D eigenvalue weighted by atomic mass is 19.1. The van der Waals surface area contributed by atoms with E-state index in [0.717, 1.165) is 5.56 Å². The number of carboxylic acid groups (broad SMARTS) is 1. The van der Waals surface area contributed by atoms with E-state index in [-0.39, 0.29) is 31.1 Å². The molecule has 2 rings (SSSR count). The van der Waals surface area contributed by atoms with E-state index in [2.05, 4.69) is 0 Å². The third kappa shape index (κ3) is 5.61. The molecule has 23 heavy (non-hydrogen) atoms. The highest BCUT2D eigenvalue weighted by Gasteiger charge is 2.24. The quantitative estimate of drug-likeness (QED) is 0.833. The van der Waals surface area contributed by atoms with Gasteiger partial charge in [-0.3, -0.25) is 14.5 Å². The first-order valence-corrected chi connectivity index (χ1v) is 7.58. The number of aliphatic hydroxyl groups excluding tert-OH is 1. The molecule has 1 aromatic carbocycles. The predicted molar refractivity (Wildman–Crippen MR) is 81.1 cm³/mol. The van der Waals surface area contributed by atoms with Gasteiger partial charge in [-0.05, 0) is 17.7 Å². The fourth-order valence-corrected chi connectivity index (χ4v) is 2.65. The zero-order valence-electron chi connectivity index (χ0n) is 12.8. The monoisotopic (exact) mass is 324 g/mol. The van der Waals surface area contributed by atoms with Crippen molar-refractivity contribution in [3.8, 4) is 0 Å². The van der Waals surface area contributed by atoms with Crippen LogP contribution in [0, 0.1) is 5.82 Å². The molecule has 0 aromatic heterocycles. The molecule has 1 heterocycles. The van der Waals surface area contributed by atoms with E-state index in [1.54, 1.807) is 12.1 Å². The second-order valence-corrected chi connectivity index (χ2v) is 5.75. The van der Waals surface area contributed by atoms with Crippen LogP contribution in [0.15, 0.2) is 24.3 Å². The smallest absolute Gasteiger partial charge is 0.303 e. The maximum atomic E-state index is 12.9. The van der Waals surface area contributed by atoms with Gasteiger partial charge in [0.05, 0.1) is 12.5 Å². The van der Waals surface area contributed by atoms with Crippen molar-refractivity contribution < 1.29 is 24.2 Å². The van der Waals surface area contributed by atoms with Crippen molar-refractivity contribution in [3.63, 3.8) is 0 Å². The summed E-state index contributed by atoms with van der Waals surface area (Å²) >= 11 is 0. The van der Waals surface area contributed by atoms with Gasteiger partial charge in [0.1, 0.15) is 5.82 Å². The topological polar surface area (TPSA) is 81.1 Å². The van der Waals surface area contributed by atoms with Gasteiger partial charge in [-0.1, -0.05) is 12.1 Å². The molecule has 1 aliphatic heterocycles. The predicted octanol–water partition coefficient (Wildman–Crippen LogP) is 0.696. The van der Waals surface area contributed by atoms with E-state index in [0.29, 0.717) is 26.2 Å². The van der Waals surface area contributed by atoms with Crippen LogP contribution in [0.5, 0.6) is 0 Å². The highest BCUT2D eigenvalue weighted by molar-refractivity contribution is 5.80. The van der Waals surface area contributed by atoms with Crippen LogP contribution < -0.4 is 0 Å². The summed E-state index contributed by atoms with van der Waals surface area (Å²) < 4.78 is 12.9. The van der Waals surface area contributed by atoms with E-state index < -0.39 is 12.1 Å². The summed E-state index contributed by atoms with van der Waals surface area (Å²) in [6, 6.07) is 6.18. The van der Waals surface area contributed by atoms with E-state index in [1.807, 2.05) is 4.90 Å². The summed E-state index contributed by atoms with van der Waals surface area (Å²) in [6.07, 6.45) is -0.947. The number of benzene rings is 1. The molecule has 126 valence electrons. The molecular weight excluding hydrogens is 303 g/mol. The Morgan fingerprint density at radius 1 is 1.13 bits per heavy atom. The minimum absolute atomic E-state index is 0.0555. The third-order valence-electron chi connectivity index (χ3n) is 3.81. The van der Waals surface area contributed by atoms with E-state index in [9.17, 15) is 19.1 Å². The van der Waals surface area contributed by atoms with Gasteiger partial charge in [0.15, 0.2) is 0 Å². The molecule has 0 unspecified atom stereocenters. The summed E-state index contributed by atoms with van der Waals surface area (Å²) in [7, 11) is 0. The van der Waals surface area contributed by atoms with Crippen molar-refractivity contribution in [2.45, 2.75) is 25.5 Å². The van der Waals surface area contributed by atoms with Gasteiger partial charge in [-0.25, -0.2) is 4.39 Å². The van der Waals surface area contributed by atoms with Crippen LogP contribution >= 0.6 is 0 Å². The number of rotatable bonds is 5. The Morgan fingerprint density at radius 2 is 1.83 bits per heavy atom. The van der Waals surface area contributed by atoms with E-state index >= 15 is 0 Å². The van der Waals surface area contributed by atoms with Gasteiger partial charge in [0, 0.05) is 39.1 Å². The first kappa shape index (κ1) is 17.4. The minimum Gasteiger partial charge on any atom is -0.481 e. The normalized spacial score (nSPS) is 19.4. The molecule has 0 bridgehead atoms. The zero-order chi connectivity index (χ0) is 16.8. The minimum atomic E-state index is -1.01. The number of hydrogen-bond donors (Lipinski definition) is 2. The van der Waals surface area contributed by atoms with Gasteiger partial charge >= 0.3 is 5.97 Å². The molecule has 0 spiro atoms. The first-order chi connectivity index (χ1) is 10.9. The van der Waals surface area contributed by atoms with Gasteiger partial charge in [0.25, 0.3) is 0 Å². The van der Waals surface area contributed by atoms with Crippen LogP contribution in [0.3, 0.4) is 0 Å². The summed E-state index contributed by atoms with van der Waals surface area (Å²) in [5, 5.41) is 18.7. The average molecular weight is 324 g/mol. The van der Waals surface area contributed by atoms with Crippen LogP contribution in [-0.2, 0) is 16.1 Å². The molecule has 0 aliphatic carbocycles. The number of halogens is 1. The number of aliphatic carboxylic acids is 1. The van der Waals surface area contributed by atoms with Crippen molar-refractivity contribution in [3.05, 3.63) is 35.6 Å². The zero-order valence-corrected chi connectivity index (χ0v) is 12.8. The lowest BCUT2D eigenvalue weighted by molar-refractivity contribution is -0.141. The fraction of sp³-hybridized carbons (Fsp3) is 0.500. The molecule has 1 fully saturated rings. The number of hydrogen-bond acceptors (Lipinski definition) is 4. The van der Waals surface area contributed by atoms with Gasteiger partial charge < -0.3 is 15.1 Å². The number of β-amino-alcohol motifs (C(OH)–C–C–N with tert-alkyl or cyclic N) is 1.